The predicted octanol–water partition coefficient (Wildman–Crippen LogP) is 3.92. The zero-order valence-electron chi connectivity index (χ0n) is 17.0. The molecule has 1 fully saturated rings. The molecule has 7 nitrogen and oxygen atoms in total. The summed E-state index contributed by atoms with van der Waals surface area (Å²) < 4.78 is 24.7. The van der Waals surface area contributed by atoms with Gasteiger partial charge in [-0.25, -0.2) is 4.39 Å². The molecule has 2 atom stereocenters. The van der Waals surface area contributed by atoms with Crippen LogP contribution in [0.15, 0.2) is 53.1 Å². The van der Waals surface area contributed by atoms with Gasteiger partial charge in [0.2, 0.25) is 11.7 Å². The van der Waals surface area contributed by atoms with Crippen LogP contribution in [0.2, 0.25) is 0 Å². The first-order valence-electron chi connectivity index (χ1n) is 10.1. The van der Waals surface area contributed by atoms with Gasteiger partial charge in [0.1, 0.15) is 11.6 Å². The normalized spacial score (nSPS) is 17.1. The number of hydrogen-bond acceptors (Lipinski definition) is 6. The fraction of sp³-hybridized carbons (Fsp3) is 0.304. The molecule has 1 saturated heterocycles. The number of carbonyl (C=O) groups excluding carboxylic acids is 1. The second-order valence-electron chi connectivity index (χ2n) is 7.49. The molecular weight excluding hydrogens is 399 g/mol. The topological polar surface area (TPSA) is 92.2 Å². The Kier molecular flexibility index (Phi) is 5.94. The van der Waals surface area contributed by atoms with Gasteiger partial charge in [0.15, 0.2) is 6.10 Å². The summed E-state index contributed by atoms with van der Waals surface area (Å²) in [6.45, 7) is 2.75. The number of benzene rings is 2. The summed E-state index contributed by atoms with van der Waals surface area (Å²) in [5.41, 5.74) is 1.01. The van der Waals surface area contributed by atoms with E-state index in [9.17, 15) is 9.18 Å². The zero-order valence-corrected chi connectivity index (χ0v) is 17.0. The number of halogens is 1. The van der Waals surface area contributed by atoms with E-state index in [0.29, 0.717) is 41.7 Å². The Balaban J connectivity index is 1.42. The molecule has 31 heavy (non-hydrogen) atoms. The first kappa shape index (κ1) is 20.5. The van der Waals surface area contributed by atoms with Crippen molar-refractivity contribution in [1.82, 2.24) is 15.0 Å². The second-order valence-corrected chi connectivity index (χ2v) is 7.49. The molecule has 1 amide bonds. The van der Waals surface area contributed by atoms with Crippen LogP contribution in [0.5, 0.6) is 5.75 Å². The number of nitrogens with zero attached hydrogens (tertiary/aromatic N) is 4. The molecule has 0 radical (unpaired) electrons. The summed E-state index contributed by atoms with van der Waals surface area (Å²) in [6, 6.07) is 14.8. The van der Waals surface area contributed by atoms with Gasteiger partial charge in [-0.05, 0) is 50.1 Å². The molecule has 2 heterocycles. The van der Waals surface area contributed by atoms with Crippen LogP contribution in [0.25, 0.3) is 11.4 Å². The minimum atomic E-state index is -0.696. The predicted molar refractivity (Wildman–Crippen MR) is 109 cm³/mol. The molecule has 2 aromatic carbocycles. The van der Waals surface area contributed by atoms with Crippen LogP contribution in [-0.4, -0.2) is 40.1 Å². The summed E-state index contributed by atoms with van der Waals surface area (Å²) in [4.78, 5) is 19.1. The van der Waals surface area contributed by atoms with Gasteiger partial charge in [-0.3, -0.25) is 4.79 Å². The fourth-order valence-electron chi connectivity index (χ4n) is 3.68. The lowest BCUT2D eigenvalue weighted by molar-refractivity contribution is -0.139. The fourth-order valence-corrected chi connectivity index (χ4v) is 3.68. The molecule has 0 spiro atoms. The summed E-state index contributed by atoms with van der Waals surface area (Å²) in [5.74, 6) is 0.635. The third kappa shape index (κ3) is 4.72. The van der Waals surface area contributed by atoms with Crippen molar-refractivity contribution in [1.29, 1.82) is 5.26 Å². The first-order chi connectivity index (χ1) is 15.0. The average Bonchev–Trinajstić information content (AvgIpc) is 3.29. The van der Waals surface area contributed by atoms with Crippen molar-refractivity contribution >= 4 is 5.91 Å². The number of aromatic nitrogens is 2. The highest BCUT2D eigenvalue weighted by atomic mass is 19.1. The number of rotatable bonds is 5. The number of piperidine rings is 1. The highest BCUT2D eigenvalue weighted by Crippen LogP contribution is 2.28. The Morgan fingerprint density at radius 2 is 2.16 bits per heavy atom. The van der Waals surface area contributed by atoms with E-state index in [1.54, 1.807) is 48.2 Å². The van der Waals surface area contributed by atoms with E-state index in [4.69, 9.17) is 14.5 Å². The molecule has 1 aromatic heterocycles. The number of hydrogen-bond donors (Lipinski definition) is 0. The van der Waals surface area contributed by atoms with E-state index in [1.807, 2.05) is 0 Å². The Morgan fingerprint density at radius 1 is 1.32 bits per heavy atom. The molecule has 1 aliphatic rings. The minimum absolute atomic E-state index is 0.0957. The molecule has 3 aromatic rings. The maximum absolute atomic E-state index is 13.5. The summed E-state index contributed by atoms with van der Waals surface area (Å²) >= 11 is 0. The van der Waals surface area contributed by atoms with Gasteiger partial charge in [0, 0.05) is 18.7 Å². The van der Waals surface area contributed by atoms with Crippen molar-refractivity contribution in [2.75, 3.05) is 13.1 Å². The van der Waals surface area contributed by atoms with E-state index in [1.165, 1.54) is 12.1 Å². The lowest BCUT2D eigenvalue weighted by Crippen LogP contribution is -2.45. The largest absolute Gasteiger partial charge is 0.481 e. The summed E-state index contributed by atoms with van der Waals surface area (Å²) in [6.07, 6.45) is 0.914. The SMILES string of the molecule is CC(Oc1cccc(C#N)c1)C(=O)N1CCCC(c2nc(-c3cccc(F)c3)no2)C1. The maximum atomic E-state index is 13.5. The molecule has 158 valence electrons. The van der Waals surface area contributed by atoms with Gasteiger partial charge in [0.25, 0.3) is 5.91 Å². The van der Waals surface area contributed by atoms with E-state index in [2.05, 4.69) is 16.2 Å². The van der Waals surface area contributed by atoms with Crippen LogP contribution >= 0.6 is 0 Å². The van der Waals surface area contributed by atoms with Crippen LogP contribution in [0.1, 0.15) is 37.1 Å². The van der Waals surface area contributed by atoms with Crippen molar-refractivity contribution in [3.63, 3.8) is 0 Å². The van der Waals surface area contributed by atoms with Gasteiger partial charge < -0.3 is 14.2 Å². The van der Waals surface area contributed by atoms with Crippen LogP contribution in [0.3, 0.4) is 0 Å². The first-order valence-corrected chi connectivity index (χ1v) is 10.1. The number of ether oxygens (including phenoxy) is 1. The van der Waals surface area contributed by atoms with Crippen molar-refractivity contribution in [2.24, 2.45) is 0 Å². The molecule has 0 aliphatic carbocycles. The van der Waals surface area contributed by atoms with E-state index in [0.717, 1.165) is 12.8 Å². The molecule has 0 saturated carbocycles. The molecule has 2 unspecified atom stereocenters. The number of amides is 1. The Morgan fingerprint density at radius 3 is 2.97 bits per heavy atom. The molecule has 1 aliphatic heterocycles. The molecule has 8 heteroatoms. The van der Waals surface area contributed by atoms with Gasteiger partial charge >= 0.3 is 0 Å². The quantitative estimate of drug-likeness (QED) is 0.621. The number of nitriles is 1. The summed E-state index contributed by atoms with van der Waals surface area (Å²) in [5, 5.41) is 13.0. The van der Waals surface area contributed by atoms with Gasteiger partial charge in [-0.15, -0.1) is 0 Å². The number of likely N-dealkylation sites (tertiary alicyclic amines) is 1. The average molecular weight is 420 g/mol. The van der Waals surface area contributed by atoms with Crippen LogP contribution in [0.4, 0.5) is 4.39 Å². The zero-order chi connectivity index (χ0) is 21.8. The lowest BCUT2D eigenvalue weighted by Gasteiger charge is -2.32. The van der Waals surface area contributed by atoms with E-state index < -0.39 is 6.10 Å². The lowest BCUT2D eigenvalue weighted by atomic mass is 9.97. The van der Waals surface area contributed by atoms with E-state index >= 15 is 0 Å². The van der Waals surface area contributed by atoms with Crippen molar-refractivity contribution < 1.29 is 18.4 Å². The highest BCUT2D eigenvalue weighted by molar-refractivity contribution is 5.81. The third-order valence-corrected chi connectivity index (χ3v) is 5.23. The smallest absolute Gasteiger partial charge is 0.263 e. The standard InChI is InChI=1S/C23H21FN4O3/c1-15(30-20-9-2-5-16(11-20)13-25)23(29)28-10-4-7-18(14-28)22-26-21(27-31-22)17-6-3-8-19(24)12-17/h2-3,5-6,8-9,11-12,15,18H,4,7,10,14H2,1H3. The van der Waals surface area contributed by atoms with Crippen LogP contribution in [-0.2, 0) is 4.79 Å². The van der Waals surface area contributed by atoms with Crippen LogP contribution < -0.4 is 4.74 Å². The van der Waals surface area contributed by atoms with Gasteiger partial charge in [-0.1, -0.05) is 23.4 Å². The molecular formula is C23H21FN4O3. The number of carbonyl (C=O) groups is 1. The third-order valence-electron chi connectivity index (χ3n) is 5.23. The molecule has 4 rings (SSSR count). The van der Waals surface area contributed by atoms with Crippen molar-refractivity contribution in [3.8, 4) is 23.2 Å². The second kappa shape index (κ2) is 8.96. The van der Waals surface area contributed by atoms with Crippen LogP contribution in [0, 0.1) is 17.1 Å². The van der Waals surface area contributed by atoms with Gasteiger partial charge in [0.05, 0.1) is 17.6 Å². The molecule has 0 N–H and O–H groups in total. The van der Waals surface area contributed by atoms with Crippen molar-refractivity contribution in [3.05, 3.63) is 65.8 Å². The Bertz CT molecular complexity index is 1120. The summed E-state index contributed by atoms with van der Waals surface area (Å²) in [7, 11) is 0. The Hall–Kier alpha value is -3.73. The van der Waals surface area contributed by atoms with E-state index in [-0.39, 0.29) is 17.6 Å². The minimum Gasteiger partial charge on any atom is -0.481 e. The Labute approximate surface area is 179 Å². The highest BCUT2D eigenvalue weighted by Gasteiger charge is 2.31. The molecule has 0 bridgehead atoms. The maximum Gasteiger partial charge on any atom is 0.263 e. The monoisotopic (exact) mass is 420 g/mol. The van der Waals surface area contributed by atoms with Gasteiger partial charge in [-0.2, -0.15) is 10.2 Å². The van der Waals surface area contributed by atoms with Crippen molar-refractivity contribution in [2.45, 2.75) is 31.8 Å².